The summed E-state index contributed by atoms with van der Waals surface area (Å²) in [4.78, 5) is 11.6. The molecule has 2 nitrogen and oxygen atoms in total. The summed E-state index contributed by atoms with van der Waals surface area (Å²) in [7, 11) is 0. The van der Waals surface area contributed by atoms with Crippen molar-refractivity contribution < 1.29 is 9.90 Å². The van der Waals surface area contributed by atoms with Gasteiger partial charge in [0.05, 0.1) is 5.92 Å². The smallest absolute Gasteiger partial charge is 0.311 e. The Kier molecular flexibility index (Phi) is 2.87. The minimum Gasteiger partial charge on any atom is -0.481 e. The lowest BCUT2D eigenvalue weighted by Gasteiger charge is -2.56. The summed E-state index contributed by atoms with van der Waals surface area (Å²) in [6.07, 6.45) is 5.42. The average Bonchev–Trinajstić information content (AvgIpc) is 2.14. The van der Waals surface area contributed by atoms with Crippen LogP contribution in [0.1, 0.15) is 52.9 Å². The van der Waals surface area contributed by atoms with Crippen molar-refractivity contribution in [3.05, 3.63) is 12.2 Å². The quantitative estimate of drug-likeness (QED) is 0.702. The maximum atomic E-state index is 11.6. The first-order valence-electron chi connectivity index (χ1n) is 6.69. The van der Waals surface area contributed by atoms with E-state index in [4.69, 9.17) is 0 Å². The summed E-state index contributed by atoms with van der Waals surface area (Å²) in [5.74, 6) is -0.476. The van der Waals surface area contributed by atoms with E-state index in [0.717, 1.165) is 31.3 Å². The van der Waals surface area contributed by atoms with E-state index in [1.54, 1.807) is 0 Å². The van der Waals surface area contributed by atoms with Crippen LogP contribution in [0.5, 0.6) is 0 Å². The lowest BCUT2D eigenvalue weighted by Crippen LogP contribution is -2.51. The number of hydrogen-bond acceptors (Lipinski definition) is 1. The Bertz CT molecular complexity index is 356. The number of rotatable bonds is 1. The molecule has 0 saturated heterocycles. The van der Waals surface area contributed by atoms with Crippen molar-refractivity contribution in [2.24, 2.45) is 22.7 Å². The number of carbonyl (C=O) groups is 1. The Hall–Kier alpha value is -0.790. The van der Waals surface area contributed by atoms with Gasteiger partial charge in [-0.05, 0) is 42.4 Å². The monoisotopic (exact) mass is 236 g/mol. The standard InChI is InChI=1S/C15H24O2/c1-10-6-7-11-14(2,3)8-5-9-15(11,4)12(10)13(16)17/h11-12H,1,5-9H2,2-4H3,(H,16,17)/t11-,12+,15-/m1/s1. The Morgan fingerprint density at radius 3 is 2.59 bits per heavy atom. The summed E-state index contributed by atoms with van der Waals surface area (Å²) in [6, 6.07) is 0. The predicted molar refractivity (Wildman–Crippen MR) is 68.7 cm³/mol. The number of hydrogen-bond donors (Lipinski definition) is 1. The van der Waals surface area contributed by atoms with Crippen molar-refractivity contribution in [1.82, 2.24) is 0 Å². The lowest BCUT2D eigenvalue weighted by atomic mass is 9.47. The van der Waals surface area contributed by atoms with E-state index < -0.39 is 5.97 Å². The van der Waals surface area contributed by atoms with E-state index in [9.17, 15) is 9.90 Å². The second kappa shape index (κ2) is 3.86. The molecule has 2 aliphatic carbocycles. The molecule has 0 amide bonds. The molecule has 2 saturated carbocycles. The molecule has 1 N–H and O–H groups in total. The van der Waals surface area contributed by atoms with Crippen LogP contribution in [0.4, 0.5) is 0 Å². The molecule has 0 unspecified atom stereocenters. The number of fused-ring (bicyclic) bond motifs is 1. The highest BCUT2D eigenvalue weighted by molar-refractivity contribution is 5.75. The van der Waals surface area contributed by atoms with Crippen molar-refractivity contribution in [1.29, 1.82) is 0 Å². The van der Waals surface area contributed by atoms with E-state index in [1.165, 1.54) is 6.42 Å². The Balaban J connectivity index is 2.41. The zero-order chi connectivity index (χ0) is 12.8. The van der Waals surface area contributed by atoms with E-state index in [1.807, 2.05) is 0 Å². The van der Waals surface area contributed by atoms with Crippen LogP contribution >= 0.6 is 0 Å². The Labute approximate surface area is 104 Å². The zero-order valence-corrected chi connectivity index (χ0v) is 11.3. The first kappa shape index (κ1) is 12.7. The highest BCUT2D eigenvalue weighted by Crippen LogP contribution is 2.60. The van der Waals surface area contributed by atoms with Crippen LogP contribution < -0.4 is 0 Å². The molecule has 0 aliphatic heterocycles. The minimum absolute atomic E-state index is 0.0804. The van der Waals surface area contributed by atoms with Gasteiger partial charge in [-0.1, -0.05) is 39.3 Å². The summed E-state index contributed by atoms with van der Waals surface area (Å²) in [5.41, 5.74) is 1.14. The normalized spacial score (nSPS) is 40.8. The van der Waals surface area contributed by atoms with Gasteiger partial charge in [0.15, 0.2) is 0 Å². The van der Waals surface area contributed by atoms with E-state index in [-0.39, 0.29) is 16.7 Å². The molecule has 96 valence electrons. The van der Waals surface area contributed by atoms with Crippen LogP contribution in [-0.4, -0.2) is 11.1 Å². The first-order valence-corrected chi connectivity index (χ1v) is 6.69. The molecule has 0 bridgehead atoms. The second-order valence-electron chi connectivity index (χ2n) is 6.87. The van der Waals surface area contributed by atoms with Gasteiger partial charge in [0.2, 0.25) is 0 Å². The molecule has 2 fully saturated rings. The van der Waals surface area contributed by atoms with Crippen molar-refractivity contribution in [3.8, 4) is 0 Å². The molecule has 0 aromatic heterocycles. The summed E-state index contributed by atoms with van der Waals surface area (Å²) in [6.45, 7) is 10.8. The molecule has 2 rings (SSSR count). The maximum Gasteiger partial charge on any atom is 0.311 e. The fourth-order valence-corrected chi connectivity index (χ4v) is 4.63. The SMILES string of the molecule is C=C1CC[C@@H]2C(C)(C)CCC[C@@]2(C)[C@@H]1C(=O)O. The minimum atomic E-state index is -0.667. The highest BCUT2D eigenvalue weighted by atomic mass is 16.4. The third kappa shape index (κ3) is 1.82. The Morgan fingerprint density at radius 2 is 2.00 bits per heavy atom. The number of carboxylic acid groups (broad SMARTS) is 1. The molecular formula is C15H24O2. The predicted octanol–water partition coefficient (Wildman–Crippen LogP) is 3.87. The van der Waals surface area contributed by atoms with Gasteiger partial charge >= 0.3 is 5.97 Å². The second-order valence-corrected chi connectivity index (χ2v) is 6.87. The largest absolute Gasteiger partial charge is 0.481 e. The summed E-state index contributed by atoms with van der Waals surface area (Å²) in [5, 5.41) is 9.52. The van der Waals surface area contributed by atoms with Crippen molar-refractivity contribution in [2.45, 2.75) is 52.9 Å². The molecule has 0 radical (unpaired) electrons. The molecule has 2 aliphatic rings. The first-order chi connectivity index (χ1) is 7.79. The average molecular weight is 236 g/mol. The fraction of sp³-hybridized carbons (Fsp3) is 0.800. The lowest BCUT2D eigenvalue weighted by molar-refractivity contribution is -0.152. The van der Waals surface area contributed by atoms with Gasteiger partial charge in [-0.2, -0.15) is 0 Å². The van der Waals surface area contributed by atoms with Crippen LogP contribution in [0.25, 0.3) is 0 Å². The van der Waals surface area contributed by atoms with Crippen LogP contribution in [0, 0.1) is 22.7 Å². The van der Waals surface area contributed by atoms with E-state index in [0.29, 0.717) is 5.92 Å². The maximum absolute atomic E-state index is 11.6. The molecular weight excluding hydrogens is 212 g/mol. The van der Waals surface area contributed by atoms with Crippen LogP contribution in [-0.2, 0) is 4.79 Å². The third-order valence-corrected chi connectivity index (χ3v) is 5.34. The van der Waals surface area contributed by atoms with Crippen molar-refractivity contribution >= 4 is 5.97 Å². The summed E-state index contributed by atoms with van der Waals surface area (Å²) >= 11 is 0. The Morgan fingerprint density at radius 1 is 1.35 bits per heavy atom. The number of carboxylic acids is 1. The van der Waals surface area contributed by atoms with Gasteiger partial charge in [-0.15, -0.1) is 0 Å². The molecule has 0 heterocycles. The van der Waals surface area contributed by atoms with Crippen LogP contribution in [0.3, 0.4) is 0 Å². The summed E-state index contributed by atoms with van der Waals surface area (Å²) < 4.78 is 0. The molecule has 17 heavy (non-hydrogen) atoms. The molecule has 2 heteroatoms. The van der Waals surface area contributed by atoms with Gasteiger partial charge in [-0.3, -0.25) is 4.79 Å². The van der Waals surface area contributed by atoms with Gasteiger partial charge < -0.3 is 5.11 Å². The van der Waals surface area contributed by atoms with Gasteiger partial charge in [-0.25, -0.2) is 0 Å². The third-order valence-electron chi connectivity index (χ3n) is 5.34. The topological polar surface area (TPSA) is 37.3 Å². The molecule has 0 spiro atoms. The van der Waals surface area contributed by atoms with E-state index in [2.05, 4.69) is 27.4 Å². The van der Waals surface area contributed by atoms with E-state index >= 15 is 0 Å². The van der Waals surface area contributed by atoms with Crippen molar-refractivity contribution in [3.63, 3.8) is 0 Å². The molecule has 3 atom stereocenters. The highest BCUT2D eigenvalue weighted by Gasteiger charge is 2.55. The molecule has 0 aromatic carbocycles. The van der Waals surface area contributed by atoms with Gasteiger partial charge in [0.1, 0.15) is 0 Å². The zero-order valence-electron chi connectivity index (χ0n) is 11.3. The fourth-order valence-electron chi connectivity index (χ4n) is 4.63. The van der Waals surface area contributed by atoms with Gasteiger partial charge in [0.25, 0.3) is 0 Å². The van der Waals surface area contributed by atoms with Crippen LogP contribution in [0.15, 0.2) is 12.2 Å². The number of aliphatic carboxylic acids is 1. The molecule has 0 aromatic rings. The van der Waals surface area contributed by atoms with Gasteiger partial charge in [0, 0.05) is 0 Å². The van der Waals surface area contributed by atoms with Crippen molar-refractivity contribution in [2.75, 3.05) is 0 Å². The van der Waals surface area contributed by atoms with Crippen LogP contribution in [0.2, 0.25) is 0 Å².